The minimum Gasteiger partial charge on any atom is -0.264 e. The maximum Gasteiger partial charge on any atom is 0.0299 e. The molecule has 0 N–H and O–H groups in total. The van der Waals surface area contributed by atoms with Crippen molar-refractivity contribution >= 4 is 15.9 Å². The summed E-state index contributed by atoms with van der Waals surface area (Å²) in [5.41, 5.74) is 1.39. The average Bonchev–Trinajstić information content (AvgIpc) is 2.44. The van der Waals surface area contributed by atoms with E-state index in [-0.39, 0.29) is 0 Å². The molecule has 1 aliphatic carbocycles. The van der Waals surface area contributed by atoms with Crippen molar-refractivity contribution in [2.45, 2.75) is 43.4 Å². The monoisotopic (exact) mass is 267 g/mol. The van der Waals surface area contributed by atoms with Gasteiger partial charge in [-0.2, -0.15) is 0 Å². The van der Waals surface area contributed by atoms with Crippen LogP contribution >= 0.6 is 15.9 Å². The van der Waals surface area contributed by atoms with E-state index < -0.39 is 0 Å². The van der Waals surface area contributed by atoms with E-state index in [1.54, 1.807) is 0 Å². The predicted octanol–water partition coefficient (Wildman–Crippen LogP) is 3.97. The minimum atomic E-state index is 0.738. The maximum atomic E-state index is 4.18. The van der Waals surface area contributed by atoms with Crippen LogP contribution < -0.4 is 0 Å². The van der Waals surface area contributed by atoms with Crippen molar-refractivity contribution in [1.29, 1.82) is 0 Å². The van der Waals surface area contributed by atoms with Gasteiger partial charge in [0.1, 0.15) is 0 Å². The standard InChI is InChI=1S/C13H18BrN/c14-13-6-2-1-4-11(9-13)8-12-5-3-7-15-10-12/h3,5,7,10-11,13H,1-2,4,6,8-9H2. The van der Waals surface area contributed by atoms with Crippen LogP contribution in [0.25, 0.3) is 0 Å². The van der Waals surface area contributed by atoms with Crippen molar-refractivity contribution in [2.75, 3.05) is 0 Å². The largest absolute Gasteiger partial charge is 0.264 e. The summed E-state index contributed by atoms with van der Waals surface area (Å²) in [5, 5.41) is 0. The first-order valence-electron chi connectivity index (χ1n) is 5.87. The second-order valence-corrected chi connectivity index (χ2v) is 5.84. The molecule has 1 nitrogen and oxygen atoms in total. The lowest BCUT2D eigenvalue weighted by atomic mass is 9.93. The number of rotatable bonds is 2. The predicted molar refractivity (Wildman–Crippen MR) is 67.2 cm³/mol. The minimum absolute atomic E-state index is 0.738. The van der Waals surface area contributed by atoms with Crippen LogP contribution in [-0.2, 0) is 6.42 Å². The fraction of sp³-hybridized carbons (Fsp3) is 0.615. The van der Waals surface area contributed by atoms with Crippen molar-refractivity contribution in [3.8, 4) is 0 Å². The zero-order valence-corrected chi connectivity index (χ0v) is 10.6. The molecule has 0 spiro atoms. The van der Waals surface area contributed by atoms with Gasteiger partial charge in [0, 0.05) is 17.2 Å². The van der Waals surface area contributed by atoms with Crippen LogP contribution in [0, 0.1) is 5.92 Å². The Morgan fingerprint density at radius 1 is 1.33 bits per heavy atom. The smallest absolute Gasteiger partial charge is 0.0299 e. The molecule has 2 rings (SSSR count). The lowest BCUT2D eigenvalue weighted by Crippen LogP contribution is -2.08. The zero-order chi connectivity index (χ0) is 10.5. The summed E-state index contributed by atoms with van der Waals surface area (Å²) in [6, 6.07) is 4.23. The summed E-state index contributed by atoms with van der Waals surface area (Å²) in [4.78, 5) is 4.92. The van der Waals surface area contributed by atoms with Crippen molar-refractivity contribution in [1.82, 2.24) is 4.98 Å². The van der Waals surface area contributed by atoms with Crippen molar-refractivity contribution in [3.05, 3.63) is 30.1 Å². The topological polar surface area (TPSA) is 12.9 Å². The summed E-state index contributed by atoms with van der Waals surface area (Å²) < 4.78 is 0. The van der Waals surface area contributed by atoms with E-state index in [2.05, 4.69) is 27.0 Å². The third-order valence-corrected chi connectivity index (χ3v) is 4.05. The molecular formula is C13H18BrN. The lowest BCUT2D eigenvalue weighted by Gasteiger charge is -2.15. The number of halogens is 1. The Bertz CT molecular complexity index is 286. The van der Waals surface area contributed by atoms with Crippen molar-refractivity contribution in [2.24, 2.45) is 5.92 Å². The molecule has 2 atom stereocenters. The first-order chi connectivity index (χ1) is 7.34. The van der Waals surface area contributed by atoms with Crippen LogP contribution in [-0.4, -0.2) is 9.81 Å². The molecule has 2 unspecified atom stereocenters. The molecule has 1 aliphatic rings. The number of hydrogen-bond acceptors (Lipinski definition) is 1. The summed E-state index contributed by atoms with van der Waals surface area (Å²) >= 11 is 3.78. The normalized spacial score (nSPS) is 27.3. The Hall–Kier alpha value is -0.370. The summed E-state index contributed by atoms with van der Waals surface area (Å²) in [6.07, 6.45) is 11.9. The van der Waals surface area contributed by atoms with E-state index in [0.29, 0.717) is 0 Å². The molecule has 0 radical (unpaired) electrons. The van der Waals surface area contributed by atoms with E-state index in [0.717, 1.165) is 10.7 Å². The SMILES string of the molecule is BrC1CCCCC(Cc2cccnc2)C1. The van der Waals surface area contributed by atoms with Gasteiger partial charge in [-0.1, -0.05) is 41.3 Å². The molecule has 0 saturated heterocycles. The summed E-state index contributed by atoms with van der Waals surface area (Å²) in [5.74, 6) is 0.848. The van der Waals surface area contributed by atoms with Gasteiger partial charge in [0.15, 0.2) is 0 Å². The molecule has 2 heteroatoms. The molecule has 1 fully saturated rings. The quantitative estimate of drug-likeness (QED) is 0.584. The molecule has 1 saturated carbocycles. The van der Waals surface area contributed by atoms with E-state index in [1.165, 1.54) is 44.1 Å². The summed E-state index contributed by atoms with van der Waals surface area (Å²) in [7, 11) is 0. The van der Waals surface area contributed by atoms with Gasteiger partial charge >= 0.3 is 0 Å². The van der Waals surface area contributed by atoms with Gasteiger partial charge in [0.05, 0.1) is 0 Å². The van der Waals surface area contributed by atoms with E-state index in [1.807, 2.05) is 18.5 Å². The van der Waals surface area contributed by atoms with Crippen LogP contribution in [0.15, 0.2) is 24.5 Å². The maximum absolute atomic E-state index is 4.18. The van der Waals surface area contributed by atoms with Gasteiger partial charge < -0.3 is 0 Å². The molecule has 0 bridgehead atoms. The number of nitrogens with zero attached hydrogens (tertiary/aromatic N) is 1. The van der Waals surface area contributed by atoms with Gasteiger partial charge in [-0.25, -0.2) is 0 Å². The van der Waals surface area contributed by atoms with Crippen LogP contribution in [0.1, 0.15) is 37.7 Å². The third-order valence-electron chi connectivity index (χ3n) is 3.22. The van der Waals surface area contributed by atoms with Crippen molar-refractivity contribution < 1.29 is 0 Å². The Morgan fingerprint density at radius 2 is 2.20 bits per heavy atom. The highest BCUT2D eigenvalue weighted by Gasteiger charge is 2.18. The number of hydrogen-bond donors (Lipinski definition) is 0. The van der Waals surface area contributed by atoms with E-state index >= 15 is 0 Å². The first kappa shape index (κ1) is 11.1. The second-order valence-electron chi connectivity index (χ2n) is 4.55. The lowest BCUT2D eigenvalue weighted by molar-refractivity contribution is 0.463. The number of aromatic nitrogens is 1. The molecule has 1 heterocycles. The van der Waals surface area contributed by atoms with Crippen molar-refractivity contribution in [3.63, 3.8) is 0 Å². The highest BCUT2D eigenvalue weighted by atomic mass is 79.9. The average molecular weight is 268 g/mol. The van der Waals surface area contributed by atoms with Crippen LogP contribution in [0.2, 0.25) is 0 Å². The highest BCUT2D eigenvalue weighted by Crippen LogP contribution is 2.29. The molecule has 82 valence electrons. The zero-order valence-electron chi connectivity index (χ0n) is 9.03. The Labute approximate surface area is 100 Å². The van der Waals surface area contributed by atoms with E-state index in [9.17, 15) is 0 Å². The molecule has 0 aliphatic heterocycles. The molecule has 0 amide bonds. The molecule has 15 heavy (non-hydrogen) atoms. The summed E-state index contributed by atoms with van der Waals surface area (Å²) in [6.45, 7) is 0. The second kappa shape index (κ2) is 5.64. The van der Waals surface area contributed by atoms with Gasteiger partial charge in [-0.3, -0.25) is 4.98 Å². The fourth-order valence-corrected chi connectivity index (χ4v) is 3.29. The van der Waals surface area contributed by atoms with Gasteiger partial charge in [-0.05, 0) is 36.8 Å². The third kappa shape index (κ3) is 3.60. The Morgan fingerprint density at radius 3 is 3.00 bits per heavy atom. The van der Waals surface area contributed by atoms with Gasteiger partial charge in [0.25, 0.3) is 0 Å². The first-order valence-corrected chi connectivity index (χ1v) is 6.79. The van der Waals surface area contributed by atoms with Gasteiger partial charge in [0.2, 0.25) is 0 Å². The van der Waals surface area contributed by atoms with E-state index in [4.69, 9.17) is 0 Å². The molecule has 1 aromatic heterocycles. The molecular weight excluding hydrogens is 250 g/mol. The fourth-order valence-electron chi connectivity index (χ4n) is 2.43. The molecule has 0 aromatic carbocycles. The van der Waals surface area contributed by atoms with Crippen LogP contribution in [0.4, 0.5) is 0 Å². The Balaban J connectivity index is 1.93. The van der Waals surface area contributed by atoms with Crippen LogP contribution in [0.5, 0.6) is 0 Å². The highest BCUT2D eigenvalue weighted by molar-refractivity contribution is 9.09. The van der Waals surface area contributed by atoms with Gasteiger partial charge in [-0.15, -0.1) is 0 Å². The van der Waals surface area contributed by atoms with Crippen LogP contribution in [0.3, 0.4) is 0 Å². The molecule has 1 aromatic rings. The Kier molecular flexibility index (Phi) is 4.18. The number of pyridine rings is 1. The number of alkyl halides is 1.